The number of carbonyl (C=O) groups is 1. The third-order valence-electron chi connectivity index (χ3n) is 2.48. The van der Waals surface area contributed by atoms with E-state index in [1.165, 1.54) is 0 Å². The maximum Gasteiger partial charge on any atom is 0.221 e. The maximum atomic E-state index is 11.6. The minimum Gasteiger partial charge on any atom is -0.352 e. The number of benzene rings is 1. The van der Waals surface area contributed by atoms with Crippen LogP contribution in [0, 0.1) is 0 Å². The van der Waals surface area contributed by atoms with E-state index in [0.717, 1.165) is 12.1 Å². The first-order chi connectivity index (χ1) is 8.13. The summed E-state index contributed by atoms with van der Waals surface area (Å²) in [6.07, 6.45) is 0.484. The molecule has 1 rings (SSSR count). The minimum atomic E-state index is 0.0402. The average molecular weight is 255 g/mol. The molecule has 0 aromatic heterocycles. The van der Waals surface area contributed by atoms with E-state index in [0.29, 0.717) is 18.0 Å². The molecule has 0 bridgehead atoms. The van der Waals surface area contributed by atoms with E-state index in [-0.39, 0.29) is 11.9 Å². The zero-order valence-electron chi connectivity index (χ0n) is 10.3. The molecule has 1 unspecified atom stereocenters. The Bertz CT molecular complexity index is 368. The minimum absolute atomic E-state index is 0.0402. The van der Waals surface area contributed by atoms with Crippen LogP contribution < -0.4 is 10.6 Å². The third-order valence-corrected chi connectivity index (χ3v) is 2.85. The molecule has 1 atom stereocenters. The molecule has 0 heterocycles. The van der Waals surface area contributed by atoms with Crippen LogP contribution >= 0.6 is 11.6 Å². The van der Waals surface area contributed by atoms with E-state index < -0.39 is 0 Å². The number of hydrogen-bond acceptors (Lipinski definition) is 2. The molecule has 1 amide bonds. The van der Waals surface area contributed by atoms with E-state index >= 15 is 0 Å². The number of hydrogen-bond donors (Lipinski definition) is 2. The Morgan fingerprint density at radius 3 is 2.76 bits per heavy atom. The first-order valence-electron chi connectivity index (χ1n) is 5.87. The standard InChI is InChI=1S/C13H19ClN2O/c1-3-15-10(2)8-13(17)16-9-11-6-4-5-7-12(11)14/h4-7,10,15H,3,8-9H2,1-2H3,(H,16,17). The Morgan fingerprint density at radius 2 is 2.12 bits per heavy atom. The second-order valence-corrected chi connectivity index (χ2v) is 4.44. The summed E-state index contributed by atoms with van der Waals surface area (Å²) in [7, 11) is 0. The molecule has 1 aromatic rings. The SMILES string of the molecule is CCNC(C)CC(=O)NCc1ccccc1Cl. The number of halogens is 1. The van der Waals surface area contributed by atoms with Gasteiger partial charge in [-0.05, 0) is 25.1 Å². The Morgan fingerprint density at radius 1 is 1.41 bits per heavy atom. The summed E-state index contributed by atoms with van der Waals surface area (Å²) in [4.78, 5) is 11.6. The molecule has 0 fully saturated rings. The number of nitrogens with one attached hydrogen (secondary N) is 2. The van der Waals surface area contributed by atoms with Crippen LogP contribution in [-0.2, 0) is 11.3 Å². The van der Waals surface area contributed by atoms with Crippen molar-refractivity contribution >= 4 is 17.5 Å². The molecule has 0 saturated carbocycles. The van der Waals surface area contributed by atoms with Gasteiger partial charge in [-0.2, -0.15) is 0 Å². The Kier molecular flexibility index (Phi) is 6.01. The van der Waals surface area contributed by atoms with Gasteiger partial charge in [-0.15, -0.1) is 0 Å². The van der Waals surface area contributed by atoms with Crippen molar-refractivity contribution in [3.05, 3.63) is 34.9 Å². The Hall–Kier alpha value is -1.06. The van der Waals surface area contributed by atoms with Gasteiger partial charge in [0.25, 0.3) is 0 Å². The quantitative estimate of drug-likeness (QED) is 0.818. The largest absolute Gasteiger partial charge is 0.352 e. The lowest BCUT2D eigenvalue weighted by molar-refractivity contribution is -0.121. The van der Waals surface area contributed by atoms with Crippen molar-refractivity contribution in [1.82, 2.24) is 10.6 Å². The molecular weight excluding hydrogens is 236 g/mol. The molecule has 0 radical (unpaired) electrons. The van der Waals surface area contributed by atoms with Crippen LogP contribution in [0.2, 0.25) is 5.02 Å². The zero-order valence-corrected chi connectivity index (χ0v) is 11.1. The summed E-state index contributed by atoms with van der Waals surface area (Å²) in [6, 6.07) is 7.72. The third kappa shape index (κ3) is 5.20. The van der Waals surface area contributed by atoms with Gasteiger partial charge in [0, 0.05) is 24.0 Å². The van der Waals surface area contributed by atoms with Crippen molar-refractivity contribution in [1.29, 1.82) is 0 Å². The van der Waals surface area contributed by atoms with Crippen LogP contribution in [0.4, 0.5) is 0 Å². The molecule has 0 aliphatic heterocycles. The topological polar surface area (TPSA) is 41.1 Å². The van der Waals surface area contributed by atoms with Gasteiger partial charge in [-0.1, -0.05) is 36.7 Å². The van der Waals surface area contributed by atoms with Crippen LogP contribution in [0.15, 0.2) is 24.3 Å². The van der Waals surface area contributed by atoms with Crippen molar-refractivity contribution in [3.8, 4) is 0 Å². The molecule has 17 heavy (non-hydrogen) atoms. The molecule has 0 saturated heterocycles. The molecular formula is C13H19ClN2O. The summed E-state index contributed by atoms with van der Waals surface area (Å²) < 4.78 is 0. The van der Waals surface area contributed by atoms with Gasteiger partial charge in [-0.25, -0.2) is 0 Å². The van der Waals surface area contributed by atoms with Crippen LogP contribution in [-0.4, -0.2) is 18.5 Å². The van der Waals surface area contributed by atoms with Gasteiger partial charge in [0.2, 0.25) is 5.91 Å². The van der Waals surface area contributed by atoms with Crippen molar-refractivity contribution in [2.24, 2.45) is 0 Å². The second-order valence-electron chi connectivity index (χ2n) is 4.03. The fourth-order valence-corrected chi connectivity index (χ4v) is 1.81. The lowest BCUT2D eigenvalue weighted by Gasteiger charge is -2.12. The molecule has 1 aromatic carbocycles. The van der Waals surface area contributed by atoms with Crippen molar-refractivity contribution in [2.45, 2.75) is 32.9 Å². The predicted octanol–water partition coefficient (Wildman–Crippen LogP) is 2.34. The van der Waals surface area contributed by atoms with E-state index in [9.17, 15) is 4.79 Å². The smallest absolute Gasteiger partial charge is 0.221 e. The van der Waals surface area contributed by atoms with Crippen LogP contribution in [0.1, 0.15) is 25.8 Å². The normalized spacial score (nSPS) is 12.2. The van der Waals surface area contributed by atoms with E-state index in [4.69, 9.17) is 11.6 Å². The maximum absolute atomic E-state index is 11.6. The molecule has 2 N–H and O–H groups in total. The van der Waals surface area contributed by atoms with Crippen molar-refractivity contribution in [3.63, 3.8) is 0 Å². The van der Waals surface area contributed by atoms with Gasteiger partial charge in [0.15, 0.2) is 0 Å². The van der Waals surface area contributed by atoms with Gasteiger partial charge in [-0.3, -0.25) is 4.79 Å². The molecule has 0 spiro atoms. The zero-order chi connectivity index (χ0) is 12.7. The molecule has 94 valence electrons. The second kappa shape index (κ2) is 7.30. The first-order valence-corrected chi connectivity index (χ1v) is 6.24. The Labute approximate surface area is 108 Å². The fraction of sp³-hybridized carbons (Fsp3) is 0.462. The summed E-state index contributed by atoms with van der Waals surface area (Å²) in [5.41, 5.74) is 0.943. The molecule has 3 nitrogen and oxygen atoms in total. The van der Waals surface area contributed by atoms with Crippen LogP contribution in [0.25, 0.3) is 0 Å². The van der Waals surface area contributed by atoms with Crippen molar-refractivity contribution < 1.29 is 4.79 Å². The predicted molar refractivity (Wildman–Crippen MR) is 71.1 cm³/mol. The molecule has 4 heteroatoms. The summed E-state index contributed by atoms with van der Waals surface area (Å²) in [6.45, 7) is 5.38. The van der Waals surface area contributed by atoms with Crippen LogP contribution in [0.3, 0.4) is 0 Å². The highest BCUT2D eigenvalue weighted by Gasteiger charge is 2.08. The lowest BCUT2D eigenvalue weighted by Crippen LogP contribution is -2.33. The van der Waals surface area contributed by atoms with E-state index in [2.05, 4.69) is 10.6 Å². The van der Waals surface area contributed by atoms with Gasteiger partial charge >= 0.3 is 0 Å². The van der Waals surface area contributed by atoms with Gasteiger partial charge in [0.1, 0.15) is 0 Å². The summed E-state index contributed by atoms with van der Waals surface area (Å²) in [5.74, 6) is 0.0402. The summed E-state index contributed by atoms with van der Waals surface area (Å²) in [5, 5.41) is 6.75. The average Bonchev–Trinajstić information content (AvgIpc) is 2.28. The monoisotopic (exact) mass is 254 g/mol. The van der Waals surface area contributed by atoms with Gasteiger partial charge in [0.05, 0.1) is 0 Å². The van der Waals surface area contributed by atoms with Crippen molar-refractivity contribution in [2.75, 3.05) is 6.54 Å². The fourth-order valence-electron chi connectivity index (χ4n) is 1.61. The van der Waals surface area contributed by atoms with E-state index in [1.807, 2.05) is 38.1 Å². The highest BCUT2D eigenvalue weighted by molar-refractivity contribution is 6.31. The number of carbonyl (C=O) groups excluding carboxylic acids is 1. The van der Waals surface area contributed by atoms with Crippen LogP contribution in [0.5, 0.6) is 0 Å². The lowest BCUT2D eigenvalue weighted by atomic mass is 10.2. The number of rotatable bonds is 6. The Balaban J connectivity index is 2.36. The highest BCUT2D eigenvalue weighted by Crippen LogP contribution is 2.14. The number of amides is 1. The molecule has 0 aliphatic carbocycles. The van der Waals surface area contributed by atoms with Gasteiger partial charge < -0.3 is 10.6 Å². The summed E-state index contributed by atoms with van der Waals surface area (Å²) >= 11 is 6.00. The molecule has 0 aliphatic rings. The first kappa shape index (κ1) is 14.0. The highest BCUT2D eigenvalue weighted by atomic mass is 35.5. The van der Waals surface area contributed by atoms with E-state index in [1.54, 1.807) is 0 Å².